The highest BCUT2D eigenvalue weighted by atomic mass is 32.2. The molecule has 0 saturated carbocycles. The highest BCUT2D eigenvalue weighted by Gasteiger charge is 2.34. The minimum Gasteiger partial charge on any atom is -0.494 e. The van der Waals surface area contributed by atoms with Crippen molar-refractivity contribution in [1.82, 2.24) is 20.1 Å². The molecular weight excluding hydrogens is 599 g/mol. The van der Waals surface area contributed by atoms with E-state index in [1.54, 1.807) is 47.9 Å². The van der Waals surface area contributed by atoms with E-state index in [4.69, 9.17) is 9.47 Å². The normalized spacial score (nSPS) is 11.1. The molecule has 1 heterocycles. The van der Waals surface area contributed by atoms with Crippen molar-refractivity contribution in [3.8, 4) is 11.4 Å². The lowest BCUT2D eigenvalue weighted by Crippen LogP contribution is -2.27. The fourth-order valence-corrected chi connectivity index (χ4v) is 4.81. The maximum Gasteiger partial charge on any atom is 0.417 e. The highest BCUT2D eigenvalue weighted by molar-refractivity contribution is 7.99. The van der Waals surface area contributed by atoms with Crippen molar-refractivity contribution in [3.63, 3.8) is 0 Å². The molecule has 0 aliphatic rings. The average molecular weight is 628 g/mol. The number of nitrogens with zero attached hydrogens (tertiary/aromatic N) is 3. The van der Waals surface area contributed by atoms with Crippen molar-refractivity contribution in [1.29, 1.82) is 0 Å². The van der Waals surface area contributed by atoms with Crippen LogP contribution in [0.15, 0.2) is 78.0 Å². The van der Waals surface area contributed by atoms with Gasteiger partial charge in [-0.25, -0.2) is 4.79 Å². The summed E-state index contributed by atoms with van der Waals surface area (Å²) in [7, 11) is 0. The summed E-state index contributed by atoms with van der Waals surface area (Å²) < 4.78 is 52.4. The number of carbonyl (C=O) groups excluding carboxylic acids is 3. The van der Waals surface area contributed by atoms with E-state index in [0.29, 0.717) is 34.5 Å². The Bertz CT molecular complexity index is 1610. The Balaban J connectivity index is 1.50. The van der Waals surface area contributed by atoms with Crippen LogP contribution < -0.4 is 15.4 Å². The molecule has 0 aliphatic carbocycles. The molecule has 2 N–H and O–H groups in total. The van der Waals surface area contributed by atoms with Gasteiger partial charge in [0.2, 0.25) is 5.91 Å². The highest BCUT2D eigenvalue weighted by Crippen LogP contribution is 2.32. The first-order valence-corrected chi connectivity index (χ1v) is 14.4. The second-order valence-electron chi connectivity index (χ2n) is 9.02. The van der Waals surface area contributed by atoms with E-state index in [9.17, 15) is 27.6 Å². The third-order valence-corrected chi connectivity index (χ3v) is 6.93. The summed E-state index contributed by atoms with van der Waals surface area (Å²) in [6.45, 7) is 4.02. The number of hydrogen-bond donors (Lipinski definition) is 2. The molecule has 0 bridgehead atoms. The molecule has 0 saturated heterocycles. The zero-order valence-electron chi connectivity index (χ0n) is 23.7. The van der Waals surface area contributed by atoms with Gasteiger partial charge in [-0.05, 0) is 74.5 Å². The summed E-state index contributed by atoms with van der Waals surface area (Å²) in [5, 5.41) is 13.8. The molecule has 0 radical (unpaired) electrons. The van der Waals surface area contributed by atoms with Crippen LogP contribution in [-0.4, -0.2) is 51.5 Å². The smallest absolute Gasteiger partial charge is 0.417 e. The predicted molar refractivity (Wildman–Crippen MR) is 157 cm³/mol. The third-order valence-electron chi connectivity index (χ3n) is 6.00. The molecule has 1 aromatic heterocycles. The number of carbonyl (C=O) groups is 3. The van der Waals surface area contributed by atoms with Crippen molar-refractivity contribution in [2.24, 2.45) is 0 Å². The van der Waals surface area contributed by atoms with Crippen LogP contribution in [0.5, 0.6) is 5.75 Å². The van der Waals surface area contributed by atoms with E-state index in [1.807, 2.05) is 6.92 Å². The van der Waals surface area contributed by atoms with Gasteiger partial charge in [0.1, 0.15) is 5.75 Å². The van der Waals surface area contributed by atoms with Crippen molar-refractivity contribution in [2.45, 2.75) is 31.7 Å². The van der Waals surface area contributed by atoms with Crippen molar-refractivity contribution >= 4 is 35.2 Å². The number of halogens is 3. The number of hydrogen-bond acceptors (Lipinski definition) is 8. The van der Waals surface area contributed by atoms with E-state index in [2.05, 4.69) is 20.8 Å². The fourth-order valence-electron chi connectivity index (χ4n) is 4.04. The van der Waals surface area contributed by atoms with Gasteiger partial charge in [-0.2, -0.15) is 13.2 Å². The largest absolute Gasteiger partial charge is 0.494 e. The van der Waals surface area contributed by atoms with Gasteiger partial charge in [0, 0.05) is 11.4 Å². The molecule has 44 heavy (non-hydrogen) atoms. The van der Waals surface area contributed by atoms with Gasteiger partial charge >= 0.3 is 12.1 Å². The Morgan fingerprint density at radius 3 is 2.27 bits per heavy atom. The van der Waals surface area contributed by atoms with Crippen LogP contribution in [0.2, 0.25) is 0 Å². The van der Waals surface area contributed by atoms with E-state index in [-0.39, 0.29) is 30.6 Å². The minimum atomic E-state index is -4.70. The average Bonchev–Trinajstić information content (AvgIpc) is 3.42. The SMILES string of the molecule is CCOC(=O)c1ccc(NC(=O)CSc2nnc(CNC(=O)c3ccccc3C(F)(F)F)n2-c2ccc(OCC)cc2)cc1. The number of esters is 1. The van der Waals surface area contributed by atoms with Crippen LogP contribution in [0.1, 0.15) is 46.0 Å². The number of nitrogens with one attached hydrogen (secondary N) is 2. The Morgan fingerprint density at radius 1 is 0.909 bits per heavy atom. The first-order chi connectivity index (χ1) is 21.1. The zero-order valence-corrected chi connectivity index (χ0v) is 24.5. The van der Waals surface area contributed by atoms with E-state index < -0.39 is 29.2 Å². The minimum absolute atomic E-state index is 0.0693. The molecule has 0 spiro atoms. The molecule has 4 rings (SSSR count). The van der Waals surface area contributed by atoms with Crippen LogP contribution in [0.25, 0.3) is 5.69 Å². The lowest BCUT2D eigenvalue weighted by molar-refractivity contribution is -0.138. The molecule has 230 valence electrons. The second-order valence-corrected chi connectivity index (χ2v) is 9.96. The Morgan fingerprint density at radius 2 is 1.61 bits per heavy atom. The number of anilines is 1. The van der Waals surface area contributed by atoms with Gasteiger partial charge in [-0.15, -0.1) is 10.2 Å². The predicted octanol–water partition coefficient (Wildman–Crippen LogP) is 5.52. The van der Waals surface area contributed by atoms with E-state index >= 15 is 0 Å². The van der Waals surface area contributed by atoms with Gasteiger partial charge in [0.25, 0.3) is 5.91 Å². The zero-order chi connectivity index (χ0) is 31.7. The molecular formula is C30H28F3N5O5S. The Kier molecular flexibility index (Phi) is 10.6. The van der Waals surface area contributed by atoms with Crippen molar-refractivity contribution in [3.05, 3.63) is 95.3 Å². The molecule has 3 aromatic carbocycles. The van der Waals surface area contributed by atoms with Crippen molar-refractivity contribution in [2.75, 3.05) is 24.3 Å². The summed E-state index contributed by atoms with van der Waals surface area (Å²) in [6, 6.07) is 17.6. The van der Waals surface area contributed by atoms with Crippen LogP contribution in [-0.2, 0) is 22.3 Å². The summed E-state index contributed by atoms with van der Waals surface area (Å²) in [4.78, 5) is 37.3. The maximum atomic E-state index is 13.4. The molecule has 0 unspecified atom stereocenters. The first-order valence-electron chi connectivity index (χ1n) is 13.4. The molecule has 4 aromatic rings. The summed E-state index contributed by atoms with van der Waals surface area (Å²) >= 11 is 1.07. The van der Waals surface area contributed by atoms with Gasteiger partial charge in [0.15, 0.2) is 11.0 Å². The van der Waals surface area contributed by atoms with Gasteiger partial charge in [-0.1, -0.05) is 23.9 Å². The number of ether oxygens (including phenoxy) is 2. The van der Waals surface area contributed by atoms with Gasteiger partial charge < -0.3 is 20.1 Å². The topological polar surface area (TPSA) is 124 Å². The lowest BCUT2D eigenvalue weighted by atomic mass is 10.1. The first kappa shape index (κ1) is 32.1. The molecule has 0 aliphatic heterocycles. The summed E-state index contributed by atoms with van der Waals surface area (Å²) in [5.41, 5.74) is -0.170. The summed E-state index contributed by atoms with van der Waals surface area (Å²) in [5.74, 6) is -0.985. The number of amides is 2. The Hall–Kier alpha value is -4.85. The van der Waals surface area contributed by atoms with Crippen LogP contribution in [0.4, 0.5) is 18.9 Å². The van der Waals surface area contributed by atoms with Crippen LogP contribution in [0.3, 0.4) is 0 Å². The van der Waals surface area contributed by atoms with Crippen molar-refractivity contribution < 1.29 is 37.0 Å². The van der Waals surface area contributed by atoms with Crippen LogP contribution in [0, 0.1) is 0 Å². The van der Waals surface area contributed by atoms with E-state index in [1.165, 1.54) is 24.3 Å². The van der Waals surface area contributed by atoms with Crippen LogP contribution >= 0.6 is 11.8 Å². The van der Waals surface area contributed by atoms with Gasteiger partial charge in [0.05, 0.1) is 42.2 Å². The summed E-state index contributed by atoms with van der Waals surface area (Å²) in [6.07, 6.45) is -4.70. The second kappa shape index (κ2) is 14.6. The van der Waals surface area contributed by atoms with Gasteiger partial charge in [-0.3, -0.25) is 14.2 Å². The van der Waals surface area contributed by atoms with E-state index in [0.717, 1.165) is 23.9 Å². The fraction of sp³-hybridized carbons (Fsp3) is 0.233. The quantitative estimate of drug-likeness (QED) is 0.155. The number of alkyl halides is 3. The number of benzene rings is 3. The lowest BCUT2D eigenvalue weighted by Gasteiger charge is -2.14. The number of rotatable bonds is 12. The Labute approximate surface area is 255 Å². The molecule has 14 heteroatoms. The molecule has 2 amide bonds. The maximum absolute atomic E-state index is 13.4. The standard InChI is InChI=1S/C30H28F3N5O5S/c1-3-42-22-15-13-21(14-16-22)38-25(17-34-27(40)23-7-5-6-8-24(23)30(31,32)33)36-37-29(38)44-18-26(39)35-20-11-9-19(10-12-20)28(41)43-4-2/h5-16H,3-4,17-18H2,1-2H3,(H,34,40)(H,35,39). The number of thioether (sulfide) groups is 1. The monoisotopic (exact) mass is 627 g/mol. The molecule has 10 nitrogen and oxygen atoms in total. The molecule has 0 fully saturated rings. The number of aromatic nitrogens is 3. The third kappa shape index (κ3) is 8.16. The molecule has 0 atom stereocenters.